The number of hydrogen-bond donors (Lipinski definition) is 0. The number of nitrogens with zero attached hydrogens (tertiary/aromatic N) is 4. The van der Waals surface area contributed by atoms with Gasteiger partial charge in [0.05, 0.1) is 18.7 Å². The fraction of sp³-hybridized carbons (Fsp3) is 0.219. The van der Waals surface area contributed by atoms with E-state index < -0.39 is 0 Å². The number of fused-ring (bicyclic) bond motifs is 1. The van der Waals surface area contributed by atoms with Gasteiger partial charge >= 0.3 is 0 Å². The number of carbonyl (C=O) groups excluding carboxylic acids is 1. The summed E-state index contributed by atoms with van der Waals surface area (Å²) in [5.74, 6) is 0.704. The number of amides is 1. The van der Waals surface area contributed by atoms with E-state index in [1.165, 1.54) is 17.6 Å². The van der Waals surface area contributed by atoms with Crippen LogP contribution in [-0.4, -0.2) is 40.8 Å². The minimum absolute atomic E-state index is 0.0354. The average molecular weight is 553 g/mol. The van der Waals surface area contributed by atoms with Crippen molar-refractivity contribution in [2.75, 3.05) is 25.2 Å². The second-order valence-electron chi connectivity index (χ2n) is 9.66. The van der Waals surface area contributed by atoms with E-state index in [1.807, 2.05) is 91.2 Å². The molecule has 1 amide bonds. The molecule has 0 aliphatic carbocycles. The fourth-order valence-corrected chi connectivity index (χ4v) is 4.97. The summed E-state index contributed by atoms with van der Waals surface area (Å²) >= 11 is 1.35. The third-order valence-electron chi connectivity index (χ3n) is 6.58. The van der Waals surface area contributed by atoms with Gasteiger partial charge in [-0.15, -0.1) is 0 Å². The lowest BCUT2D eigenvalue weighted by molar-refractivity contribution is -0.117. The molecule has 0 fully saturated rings. The van der Waals surface area contributed by atoms with E-state index in [4.69, 9.17) is 19.0 Å². The van der Waals surface area contributed by atoms with Gasteiger partial charge in [-0.3, -0.25) is 4.79 Å². The van der Waals surface area contributed by atoms with Crippen molar-refractivity contribution >= 4 is 29.3 Å². The zero-order valence-electron chi connectivity index (χ0n) is 23.1. The molecule has 5 rings (SSSR count). The van der Waals surface area contributed by atoms with Gasteiger partial charge in [-0.05, 0) is 75.4 Å². The molecule has 2 heterocycles. The first kappa shape index (κ1) is 27.4. The predicted octanol–water partition coefficient (Wildman–Crippen LogP) is 6.63. The maximum absolute atomic E-state index is 13.4. The summed E-state index contributed by atoms with van der Waals surface area (Å²) in [7, 11) is 1.79. The Bertz CT molecular complexity index is 1600. The minimum atomic E-state index is -0.0354. The molecule has 3 aromatic carbocycles. The zero-order chi connectivity index (χ0) is 28.1. The number of ether oxygens (including phenoxy) is 1. The SMILES string of the molecule is Cc1ccc(SOCCOc2ccc(-c3nn4c(C)cc(C)nc4c3CC(=O)N(C)c3ccccc3)cc2)cc1. The van der Waals surface area contributed by atoms with Crippen molar-refractivity contribution in [3.63, 3.8) is 0 Å². The monoisotopic (exact) mass is 552 g/mol. The summed E-state index contributed by atoms with van der Waals surface area (Å²) in [4.78, 5) is 20.9. The first-order valence-electron chi connectivity index (χ1n) is 13.2. The zero-order valence-corrected chi connectivity index (χ0v) is 23.9. The Morgan fingerprint density at radius 1 is 0.925 bits per heavy atom. The molecule has 0 aliphatic rings. The van der Waals surface area contributed by atoms with Crippen molar-refractivity contribution in [3.8, 4) is 17.0 Å². The lowest BCUT2D eigenvalue weighted by Gasteiger charge is -2.17. The lowest BCUT2D eigenvalue weighted by atomic mass is 10.0. The Balaban J connectivity index is 1.31. The molecule has 0 N–H and O–H groups in total. The third kappa shape index (κ3) is 6.35. The molecule has 5 aromatic rings. The maximum Gasteiger partial charge on any atom is 0.231 e. The van der Waals surface area contributed by atoms with Crippen LogP contribution in [0.5, 0.6) is 5.75 Å². The Labute approximate surface area is 239 Å². The van der Waals surface area contributed by atoms with Crippen LogP contribution in [0.4, 0.5) is 5.69 Å². The van der Waals surface area contributed by atoms with Crippen LogP contribution < -0.4 is 9.64 Å². The van der Waals surface area contributed by atoms with Gasteiger partial charge < -0.3 is 13.8 Å². The largest absolute Gasteiger partial charge is 0.491 e. The molecule has 0 bridgehead atoms. The van der Waals surface area contributed by atoms with E-state index >= 15 is 0 Å². The van der Waals surface area contributed by atoms with Crippen LogP contribution in [0.15, 0.2) is 89.8 Å². The van der Waals surface area contributed by atoms with Crippen LogP contribution >= 0.6 is 12.0 Å². The minimum Gasteiger partial charge on any atom is -0.491 e. The summed E-state index contributed by atoms with van der Waals surface area (Å²) < 4.78 is 13.4. The highest BCUT2D eigenvalue weighted by Crippen LogP contribution is 2.29. The summed E-state index contributed by atoms with van der Waals surface area (Å²) in [5, 5.41) is 4.88. The molecular formula is C32H32N4O3S. The quantitative estimate of drug-likeness (QED) is 0.143. The van der Waals surface area contributed by atoms with Gasteiger partial charge in [-0.25, -0.2) is 9.50 Å². The topological polar surface area (TPSA) is 69.0 Å². The van der Waals surface area contributed by atoms with E-state index in [0.717, 1.165) is 44.5 Å². The number of aromatic nitrogens is 3. The molecule has 204 valence electrons. The van der Waals surface area contributed by atoms with Crippen LogP contribution in [0.25, 0.3) is 16.9 Å². The van der Waals surface area contributed by atoms with Gasteiger partial charge in [-0.1, -0.05) is 35.9 Å². The van der Waals surface area contributed by atoms with Crippen LogP contribution in [0.1, 0.15) is 22.5 Å². The number of rotatable bonds is 10. The molecule has 0 spiro atoms. The lowest BCUT2D eigenvalue weighted by Crippen LogP contribution is -2.28. The smallest absolute Gasteiger partial charge is 0.231 e. The molecule has 0 aliphatic heterocycles. The fourth-order valence-electron chi connectivity index (χ4n) is 4.43. The Hall–Kier alpha value is -4.14. The molecule has 7 nitrogen and oxygen atoms in total. The van der Waals surface area contributed by atoms with Gasteiger partial charge in [0.1, 0.15) is 12.4 Å². The van der Waals surface area contributed by atoms with Crippen molar-refractivity contribution < 1.29 is 13.7 Å². The number of likely N-dealkylation sites (N-methyl/N-ethyl adjacent to an activating group) is 1. The standard InChI is InChI=1S/C32H32N4O3S/c1-22-10-16-28(17-11-22)40-39-19-18-38-27-14-12-25(13-15-27)31-29(32-33-23(2)20-24(3)36(32)34-31)21-30(37)35(4)26-8-6-5-7-9-26/h5-17,20H,18-19,21H2,1-4H3. The summed E-state index contributed by atoms with van der Waals surface area (Å²) in [5.41, 5.74) is 7.04. The first-order valence-corrected chi connectivity index (χ1v) is 13.9. The molecular weight excluding hydrogens is 520 g/mol. The highest BCUT2D eigenvalue weighted by atomic mass is 32.2. The van der Waals surface area contributed by atoms with E-state index in [-0.39, 0.29) is 12.3 Å². The van der Waals surface area contributed by atoms with E-state index in [9.17, 15) is 4.79 Å². The third-order valence-corrected chi connectivity index (χ3v) is 7.32. The van der Waals surface area contributed by atoms with Crippen molar-refractivity contribution in [2.45, 2.75) is 32.1 Å². The molecule has 0 saturated heterocycles. The highest BCUT2D eigenvalue weighted by molar-refractivity contribution is 7.94. The molecule has 0 radical (unpaired) electrons. The van der Waals surface area contributed by atoms with Crippen LogP contribution in [0, 0.1) is 20.8 Å². The first-order chi connectivity index (χ1) is 19.4. The number of benzene rings is 3. The van der Waals surface area contributed by atoms with Crippen LogP contribution in [0.2, 0.25) is 0 Å². The number of carbonyl (C=O) groups is 1. The number of aryl methyl sites for hydroxylation is 3. The van der Waals surface area contributed by atoms with Gasteiger partial charge in [0.2, 0.25) is 5.91 Å². The molecule has 40 heavy (non-hydrogen) atoms. The van der Waals surface area contributed by atoms with Crippen molar-refractivity contribution in [2.24, 2.45) is 0 Å². The maximum atomic E-state index is 13.4. The van der Waals surface area contributed by atoms with Crippen molar-refractivity contribution in [1.29, 1.82) is 0 Å². The van der Waals surface area contributed by atoms with E-state index in [2.05, 4.69) is 19.1 Å². The van der Waals surface area contributed by atoms with Crippen LogP contribution in [0.3, 0.4) is 0 Å². The van der Waals surface area contributed by atoms with Crippen molar-refractivity contribution in [3.05, 3.63) is 107 Å². The molecule has 0 atom stereocenters. The average Bonchev–Trinajstić information content (AvgIpc) is 3.32. The summed E-state index contributed by atoms with van der Waals surface area (Å²) in [6.45, 7) is 6.90. The van der Waals surface area contributed by atoms with E-state index in [0.29, 0.717) is 18.9 Å². The van der Waals surface area contributed by atoms with Gasteiger partial charge in [0, 0.05) is 52.2 Å². The Morgan fingerprint density at radius 3 is 2.38 bits per heavy atom. The Morgan fingerprint density at radius 2 is 1.65 bits per heavy atom. The van der Waals surface area contributed by atoms with Gasteiger partial charge in [0.15, 0.2) is 5.65 Å². The van der Waals surface area contributed by atoms with Gasteiger partial charge in [-0.2, -0.15) is 5.10 Å². The van der Waals surface area contributed by atoms with Crippen molar-refractivity contribution in [1.82, 2.24) is 14.6 Å². The Kier molecular flexibility index (Phi) is 8.48. The second-order valence-corrected chi connectivity index (χ2v) is 10.5. The molecule has 0 unspecified atom stereocenters. The number of hydrogen-bond acceptors (Lipinski definition) is 6. The summed E-state index contributed by atoms with van der Waals surface area (Å²) in [6.07, 6.45) is 0.175. The number of anilines is 1. The second kappa shape index (κ2) is 12.4. The predicted molar refractivity (Wildman–Crippen MR) is 160 cm³/mol. The normalized spacial score (nSPS) is 11.1. The van der Waals surface area contributed by atoms with Crippen LogP contribution in [-0.2, 0) is 15.4 Å². The molecule has 0 saturated carbocycles. The van der Waals surface area contributed by atoms with Gasteiger partial charge in [0.25, 0.3) is 0 Å². The molecule has 2 aromatic heterocycles. The number of para-hydroxylation sites is 1. The van der Waals surface area contributed by atoms with E-state index in [1.54, 1.807) is 11.9 Å². The summed E-state index contributed by atoms with van der Waals surface area (Å²) in [6, 6.07) is 27.6. The molecule has 8 heteroatoms. The highest BCUT2D eigenvalue weighted by Gasteiger charge is 2.22.